The third-order valence-electron chi connectivity index (χ3n) is 7.79. The lowest BCUT2D eigenvalue weighted by molar-refractivity contribution is -0.129. The summed E-state index contributed by atoms with van der Waals surface area (Å²) in [5.74, 6) is 0.553. The molecule has 1 aliphatic rings. The number of nitrogens with zero attached hydrogens (tertiary/aromatic N) is 1. The number of thioether (sulfide) groups is 1. The largest absolute Gasteiger partial charge is 0.497 e. The maximum Gasteiger partial charge on any atom is 0.239 e. The molecule has 2 N–H and O–H groups in total. The number of carbonyl (C=O) groups is 2. The molecule has 1 saturated heterocycles. The Morgan fingerprint density at radius 2 is 1.70 bits per heavy atom. The van der Waals surface area contributed by atoms with Gasteiger partial charge in [-0.15, -0.1) is 11.8 Å². The highest BCUT2D eigenvalue weighted by molar-refractivity contribution is 14.1. The van der Waals surface area contributed by atoms with Crippen LogP contribution in [0.4, 0.5) is 0 Å². The van der Waals surface area contributed by atoms with Crippen LogP contribution in [0.15, 0.2) is 102 Å². The monoisotopic (exact) mass is 706 g/mol. The Bertz CT molecular complexity index is 1560. The topological polar surface area (TPSA) is 78.9 Å². The predicted molar refractivity (Wildman–Crippen MR) is 179 cm³/mol. The van der Waals surface area contributed by atoms with Crippen LogP contribution in [0.25, 0.3) is 0 Å². The smallest absolute Gasteiger partial charge is 0.239 e. The van der Waals surface area contributed by atoms with Crippen LogP contribution >= 0.6 is 34.4 Å². The van der Waals surface area contributed by atoms with E-state index in [1.165, 1.54) is 11.8 Å². The maximum absolute atomic E-state index is 14.5. The van der Waals surface area contributed by atoms with Gasteiger partial charge in [-0.1, -0.05) is 72.3 Å². The van der Waals surface area contributed by atoms with Crippen LogP contribution in [0, 0.1) is 10.5 Å². The summed E-state index contributed by atoms with van der Waals surface area (Å²) in [5.41, 5.74) is 4.89. The summed E-state index contributed by atoms with van der Waals surface area (Å²) in [6.45, 7) is 2.77. The van der Waals surface area contributed by atoms with Crippen molar-refractivity contribution in [1.29, 1.82) is 0 Å². The van der Waals surface area contributed by atoms with Crippen molar-refractivity contribution in [2.75, 3.05) is 13.7 Å². The van der Waals surface area contributed by atoms with E-state index in [1.807, 2.05) is 109 Å². The van der Waals surface area contributed by atoms with Gasteiger partial charge in [0.15, 0.2) is 0 Å². The summed E-state index contributed by atoms with van der Waals surface area (Å²) < 4.78 is 5.05. The van der Waals surface area contributed by atoms with E-state index in [4.69, 9.17) is 4.74 Å². The number of hydrogen-bond acceptors (Lipinski definition) is 5. The van der Waals surface area contributed by atoms with E-state index in [9.17, 15) is 14.7 Å². The SMILES string of the molecule is COc1ccc(CCNC(=O)[C@@]2(Sc3ccc(C)cc3)CC(=O)N(Cc3ccccc3)[C@@H]2c2ccc(CO)cc2I)cc1. The van der Waals surface area contributed by atoms with Gasteiger partial charge in [-0.3, -0.25) is 9.59 Å². The quantitative estimate of drug-likeness (QED) is 0.175. The molecule has 0 bridgehead atoms. The lowest BCUT2D eigenvalue weighted by Crippen LogP contribution is -2.49. The zero-order valence-corrected chi connectivity index (χ0v) is 27.2. The average Bonchev–Trinajstić information content (AvgIpc) is 3.29. The number of aliphatic hydroxyl groups is 1. The minimum absolute atomic E-state index is 0.0647. The van der Waals surface area contributed by atoms with E-state index in [0.29, 0.717) is 19.5 Å². The van der Waals surface area contributed by atoms with Crippen LogP contribution in [0.5, 0.6) is 5.75 Å². The molecule has 8 heteroatoms. The number of methoxy groups -OCH3 is 1. The normalized spacial score (nSPS) is 18.1. The molecule has 4 aromatic rings. The first-order chi connectivity index (χ1) is 20.8. The number of hydrogen-bond donors (Lipinski definition) is 2. The summed E-state index contributed by atoms with van der Waals surface area (Å²) >= 11 is 3.73. The summed E-state index contributed by atoms with van der Waals surface area (Å²) in [6.07, 6.45) is 0.714. The molecule has 0 spiro atoms. The summed E-state index contributed by atoms with van der Waals surface area (Å²) in [7, 11) is 1.64. The highest BCUT2D eigenvalue weighted by Crippen LogP contribution is 2.54. The van der Waals surface area contributed by atoms with Crippen molar-refractivity contribution in [2.24, 2.45) is 0 Å². The third kappa shape index (κ3) is 7.08. The van der Waals surface area contributed by atoms with Gasteiger partial charge in [0, 0.05) is 21.6 Å². The summed E-state index contributed by atoms with van der Waals surface area (Å²) in [4.78, 5) is 31.3. The van der Waals surface area contributed by atoms with Crippen molar-refractivity contribution in [3.05, 3.63) is 128 Å². The standard InChI is InChI=1S/C35H35IN2O4S/c1-24-8-15-29(16-9-24)43-35(34(41)37-19-18-25-10-13-28(42-2)14-11-25)21-32(40)38(22-26-6-4-3-5-7-26)33(35)30-17-12-27(23-39)20-31(30)36/h3-17,20,33,39H,18-19,21-23H2,1-2H3,(H,37,41)/t33-,35-/m1/s1. The van der Waals surface area contributed by atoms with Crippen molar-refractivity contribution >= 4 is 46.2 Å². The Hall–Kier alpha value is -3.34. The van der Waals surface area contributed by atoms with Gasteiger partial charge in [-0.05, 0) is 88.5 Å². The number of nitrogens with one attached hydrogen (secondary N) is 1. The maximum atomic E-state index is 14.5. The predicted octanol–water partition coefficient (Wildman–Crippen LogP) is 6.46. The molecule has 2 amide bonds. The highest BCUT2D eigenvalue weighted by atomic mass is 127. The molecule has 4 aromatic carbocycles. The van der Waals surface area contributed by atoms with Gasteiger partial charge >= 0.3 is 0 Å². The fourth-order valence-corrected chi connectivity index (χ4v) is 7.80. The van der Waals surface area contributed by atoms with Gasteiger partial charge in [0.05, 0.1) is 26.2 Å². The van der Waals surface area contributed by atoms with Gasteiger partial charge in [0.2, 0.25) is 11.8 Å². The average molecular weight is 707 g/mol. The van der Waals surface area contributed by atoms with Crippen molar-refractivity contribution in [1.82, 2.24) is 10.2 Å². The zero-order chi connectivity index (χ0) is 30.4. The second-order valence-electron chi connectivity index (χ2n) is 10.8. The summed E-state index contributed by atoms with van der Waals surface area (Å²) in [5, 5.41) is 13.0. The first kappa shape index (κ1) is 31.1. The zero-order valence-electron chi connectivity index (χ0n) is 24.3. The Kier molecular flexibility index (Phi) is 10.1. The van der Waals surface area contributed by atoms with Crippen molar-refractivity contribution in [2.45, 2.75) is 48.6 Å². The van der Waals surface area contributed by atoms with Crippen molar-refractivity contribution < 1.29 is 19.4 Å². The van der Waals surface area contributed by atoms with Crippen molar-refractivity contribution in [3.63, 3.8) is 0 Å². The van der Waals surface area contributed by atoms with Crippen LogP contribution < -0.4 is 10.1 Å². The number of aliphatic hydroxyl groups excluding tert-OH is 1. The van der Waals surface area contributed by atoms with E-state index in [-0.39, 0.29) is 24.8 Å². The number of likely N-dealkylation sites (tertiary alicyclic amines) is 1. The molecule has 6 nitrogen and oxygen atoms in total. The van der Waals surface area contributed by atoms with E-state index >= 15 is 0 Å². The van der Waals surface area contributed by atoms with E-state index in [1.54, 1.807) is 7.11 Å². The van der Waals surface area contributed by atoms with Gasteiger partial charge in [-0.25, -0.2) is 0 Å². The number of rotatable bonds is 11. The number of benzene rings is 4. The van der Waals surface area contributed by atoms with Crippen LogP contribution in [-0.2, 0) is 29.2 Å². The van der Waals surface area contributed by atoms with Gasteiger partial charge < -0.3 is 20.1 Å². The molecule has 1 heterocycles. The molecule has 0 unspecified atom stereocenters. The van der Waals surface area contributed by atoms with Gasteiger partial charge in [-0.2, -0.15) is 0 Å². The lowest BCUT2D eigenvalue weighted by atomic mass is 9.90. The molecule has 0 aromatic heterocycles. The minimum atomic E-state index is -1.12. The van der Waals surface area contributed by atoms with E-state index in [2.05, 4.69) is 27.9 Å². The van der Waals surface area contributed by atoms with Crippen LogP contribution in [0.1, 0.15) is 40.3 Å². The Labute approximate surface area is 271 Å². The number of aryl methyl sites for hydroxylation is 1. The summed E-state index contributed by atoms with van der Waals surface area (Å²) in [6, 6.07) is 31.1. The second kappa shape index (κ2) is 14.0. The van der Waals surface area contributed by atoms with Gasteiger partial charge in [0.25, 0.3) is 0 Å². The Balaban J connectivity index is 1.55. The first-order valence-electron chi connectivity index (χ1n) is 14.2. The number of amides is 2. The molecule has 0 saturated carbocycles. The molecular weight excluding hydrogens is 671 g/mol. The number of halogens is 1. The first-order valence-corrected chi connectivity index (χ1v) is 16.1. The van der Waals surface area contributed by atoms with Crippen LogP contribution in [-0.4, -0.2) is 40.2 Å². The van der Waals surface area contributed by atoms with Gasteiger partial charge in [0.1, 0.15) is 10.5 Å². The fraction of sp³-hybridized carbons (Fsp3) is 0.257. The minimum Gasteiger partial charge on any atom is -0.497 e. The molecule has 0 radical (unpaired) electrons. The second-order valence-corrected chi connectivity index (χ2v) is 13.3. The Morgan fingerprint density at radius 3 is 2.35 bits per heavy atom. The van der Waals surface area contributed by atoms with Crippen LogP contribution in [0.2, 0.25) is 0 Å². The third-order valence-corrected chi connectivity index (χ3v) is 10.1. The molecule has 1 aliphatic heterocycles. The number of ether oxygens (including phenoxy) is 1. The van der Waals surface area contributed by atoms with E-state index < -0.39 is 10.8 Å². The van der Waals surface area contributed by atoms with E-state index in [0.717, 1.165) is 42.0 Å². The Morgan fingerprint density at radius 1 is 1.00 bits per heavy atom. The molecule has 1 fully saturated rings. The molecule has 2 atom stereocenters. The molecule has 43 heavy (non-hydrogen) atoms. The molecular formula is C35H35IN2O4S. The molecule has 222 valence electrons. The molecule has 5 rings (SSSR count). The molecule has 0 aliphatic carbocycles. The number of carbonyl (C=O) groups excluding carboxylic acids is 2. The fourth-order valence-electron chi connectivity index (χ4n) is 5.51. The van der Waals surface area contributed by atoms with Crippen LogP contribution in [0.3, 0.4) is 0 Å². The van der Waals surface area contributed by atoms with Crippen molar-refractivity contribution in [3.8, 4) is 5.75 Å². The highest BCUT2D eigenvalue weighted by Gasteiger charge is 2.58. The lowest BCUT2D eigenvalue weighted by Gasteiger charge is -2.37.